The van der Waals surface area contributed by atoms with Crippen LogP contribution in [0, 0.1) is 0 Å². The Morgan fingerprint density at radius 2 is 1.74 bits per heavy atom. The summed E-state index contributed by atoms with van der Waals surface area (Å²) in [7, 11) is 1.29. The van der Waals surface area contributed by atoms with E-state index in [2.05, 4.69) is 39.2 Å². The van der Waals surface area contributed by atoms with Gasteiger partial charge in [-0.2, -0.15) is 0 Å². The fourth-order valence-corrected chi connectivity index (χ4v) is 4.59. The first-order valence-electron chi connectivity index (χ1n) is 12.0. The number of hydrogen-bond donors (Lipinski definition) is 1. The van der Waals surface area contributed by atoms with Gasteiger partial charge in [-0.15, -0.1) is 0 Å². The van der Waals surface area contributed by atoms with E-state index >= 15 is 0 Å². The molecule has 0 bridgehead atoms. The van der Waals surface area contributed by atoms with Gasteiger partial charge in [-0.3, -0.25) is 0 Å². The molecule has 0 saturated heterocycles. The van der Waals surface area contributed by atoms with Gasteiger partial charge in [0.15, 0.2) is 14.1 Å². The van der Waals surface area contributed by atoms with Crippen LogP contribution in [0.25, 0.3) is 0 Å². The van der Waals surface area contributed by atoms with Gasteiger partial charge in [-0.05, 0) is 35.7 Å². The summed E-state index contributed by atoms with van der Waals surface area (Å²) in [6, 6.07) is 9.24. The van der Waals surface area contributed by atoms with Crippen molar-refractivity contribution in [3.63, 3.8) is 0 Å². The maximum absolute atomic E-state index is 12.5. The molecule has 2 rings (SSSR count). The molecule has 1 aromatic rings. The summed E-state index contributed by atoms with van der Waals surface area (Å²) in [5.74, 6) is -0.671. The van der Waals surface area contributed by atoms with Gasteiger partial charge in [0.05, 0.1) is 0 Å². The van der Waals surface area contributed by atoms with Crippen LogP contribution in [0.5, 0.6) is 0 Å². The van der Waals surface area contributed by atoms with E-state index in [0.717, 1.165) is 11.1 Å². The number of amides is 2. The lowest BCUT2D eigenvalue weighted by molar-refractivity contribution is -0.210. The van der Waals surface area contributed by atoms with Crippen molar-refractivity contribution >= 4 is 20.5 Å². The standard InChI is InChI=1S/C26H41NO7Si/c1-25(2,3)35(6,7)33-18-15-22(21-13-16-26(30-4,31-5)17-14-21)34-24(29)27-23(28)32-19-20-11-9-8-10-12-20/h8-13,22H,14-19H2,1-7H3,(H,27,28,29). The minimum atomic E-state index is -1.95. The number of nitrogens with one attached hydrogen (secondary N) is 1. The zero-order valence-corrected chi connectivity index (χ0v) is 23.1. The zero-order valence-electron chi connectivity index (χ0n) is 22.1. The van der Waals surface area contributed by atoms with Crippen LogP contribution in [0.15, 0.2) is 42.0 Å². The fourth-order valence-electron chi connectivity index (χ4n) is 3.53. The molecule has 1 N–H and O–H groups in total. The minimum Gasteiger partial charge on any atom is -0.444 e. The molecule has 0 aromatic heterocycles. The highest BCUT2D eigenvalue weighted by molar-refractivity contribution is 6.74. The average molecular weight is 508 g/mol. The van der Waals surface area contributed by atoms with Crippen LogP contribution < -0.4 is 5.32 Å². The second kappa shape index (κ2) is 12.7. The molecule has 1 aliphatic rings. The lowest BCUT2D eigenvalue weighted by atomic mass is 9.90. The van der Waals surface area contributed by atoms with Gasteiger partial charge in [0.2, 0.25) is 0 Å². The first-order valence-corrected chi connectivity index (χ1v) is 14.9. The number of methoxy groups -OCH3 is 2. The third-order valence-corrected chi connectivity index (χ3v) is 11.5. The summed E-state index contributed by atoms with van der Waals surface area (Å²) in [5.41, 5.74) is 1.78. The third-order valence-electron chi connectivity index (χ3n) is 6.94. The predicted octanol–water partition coefficient (Wildman–Crippen LogP) is 5.93. The summed E-state index contributed by atoms with van der Waals surface area (Å²) in [6.45, 7) is 11.4. The van der Waals surface area contributed by atoms with Crippen molar-refractivity contribution in [2.45, 2.75) is 83.1 Å². The molecule has 1 aliphatic carbocycles. The Morgan fingerprint density at radius 3 is 2.29 bits per heavy atom. The number of carbonyl (C=O) groups excluding carboxylic acids is 2. The Balaban J connectivity index is 2.00. The molecular formula is C26H41NO7Si. The highest BCUT2D eigenvalue weighted by atomic mass is 28.4. The Morgan fingerprint density at radius 1 is 1.09 bits per heavy atom. The molecule has 1 atom stereocenters. The number of imide groups is 1. The van der Waals surface area contributed by atoms with Crippen molar-refractivity contribution in [2.75, 3.05) is 20.8 Å². The van der Waals surface area contributed by atoms with Crippen LogP contribution in [0.4, 0.5) is 9.59 Å². The molecule has 1 aromatic carbocycles. The lowest BCUT2D eigenvalue weighted by Gasteiger charge is -2.37. The monoisotopic (exact) mass is 507 g/mol. The number of benzene rings is 1. The maximum Gasteiger partial charge on any atom is 0.417 e. The molecule has 0 aliphatic heterocycles. The predicted molar refractivity (Wildman–Crippen MR) is 136 cm³/mol. The van der Waals surface area contributed by atoms with Crippen molar-refractivity contribution < 1.29 is 33.0 Å². The SMILES string of the molecule is COC1(OC)CC=C(C(CCO[Si](C)(C)C(C)(C)C)OC(=O)NC(=O)OCc2ccccc2)CC1. The molecule has 0 spiro atoms. The molecule has 2 amide bonds. The van der Waals surface area contributed by atoms with Gasteiger partial charge in [0.25, 0.3) is 0 Å². The first kappa shape index (κ1) is 29.0. The van der Waals surface area contributed by atoms with Crippen LogP contribution >= 0.6 is 0 Å². The molecule has 8 nitrogen and oxygen atoms in total. The number of ether oxygens (including phenoxy) is 4. The van der Waals surface area contributed by atoms with Gasteiger partial charge < -0.3 is 23.4 Å². The number of rotatable bonds is 10. The van der Waals surface area contributed by atoms with E-state index in [1.807, 2.05) is 36.4 Å². The Labute approximate surface area is 210 Å². The summed E-state index contributed by atoms with van der Waals surface area (Å²) < 4.78 is 28.2. The molecule has 0 radical (unpaired) electrons. The summed E-state index contributed by atoms with van der Waals surface area (Å²) in [5, 5.41) is 2.23. The molecule has 9 heteroatoms. The highest BCUT2D eigenvalue weighted by Gasteiger charge is 2.38. The first-order chi connectivity index (χ1) is 16.4. The second-order valence-electron chi connectivity index (χ2n) is 10.3. The average Bonchev–Trinajstić information content (AvgIpc) is 2.82. The summed E-state index contributed by atoms with van der Waals surface area (Å²) in [6.07, 6.45) is 2.05. The largest absolute Gasteiger partial charge is 0.444 e. The zero-order chi connectivity index (χ0) is 26.1. The Hall–Kier alpha value is -2.20. The van der Waals surface area contributed by atoms with E-state index in [9.17, 15) is 9.59 Å². The van der Waals surface area contributed by atoms with E-state index in [1.165, 1.54) is 0 Å². The van der Waals surface area contributed by atoms with Gasteiger partial charge in [0.1, 0.15) is 12.7 Å². The second-order valence-corrected chi connectivity index (χ2v) is 15.1. The van der Waals surface area contributed by atoms with Crippen LogP contribution in [-0.2, 0) is 30.0 Å². The van der Waals surface area contributed by atoms with Crippen LogP contribution in [0.3, 0.4) is 0 Å². The topological polar surface area (TPSA) is 92.3 Å². The Kier molecular flexibility index (Phi) is 10.5. The molecule has 35 heavy (non-hydrogen) atoms. The smallest absolute Gasteiger partial charge is 0.417 e. The van der Waals surface area contributed by atoms with Gasteiger partial charge in [-0.25, -0.2) is 14.9 Å². The number of alkyl carbamates (subject to hydrolysis) is 2. The van der Waals surface area contributed by atoms with Gasteiger partial charge >= 0.3 is 12.2 Å². The van der Waals surface area contributed by atoms with Crippen molar-refractivity contribution in [1.82, 2.24) is 5.32 Å². The number of carbonyl (C=O) groups is 2. The van der Waals surface area contributed by atoms with Crippen LogP contribution in [-0.4, -0.2) is 53.2 Å². The molecule has 196 valence electrons. The molecule has 1 unspecified atom stereocenters. The fraction of sp³-hybridized carbons (Fsp3) is 0.615. The highest BCUT2D eigenvalue weighted by Crippen LogP contribution is 2.37. The van der Waals surface area contributed by atoms with E-state index in [0.29, 0.717) is 32.3 Å². The van der Waals surface area contributed by atoms with E-state index in [1.54, 1.807) is 14.2 Å². The van der Waals surface area contributed by atoms with Crippen LogP contribution in [0.2, 0.25) is 18.1 Å². The summed E-state index contributed by atoms with van der Waals surface area (Å²) in [4.78, 5) is 24.6. The van der Waals surface area contributed by atoms with Gasteiger partial charge in [-0.1, -0.05) is 57.2 Å². The minimum absolute atomic E-state index is 0.0605. The summed E-state index contributed by atoms with van der Waals surface area (Å²) >= 11 is 0. The van der Waals surface area contributed by atoms with Gasteiger partial charge in [0, 0.05) is 40.1 Å². The molecule has 0 saturated carbocycles. The van der Waals surface area contributed by atoms with E-state index in [4.69, 9.17) is 23.4 Å². The van der Waals surface area contributed by atoms with Crippen molar-refractivity contribution in [1.29, 1.82) is 0 Å². The molecule has 0 fully saturated rings. The van der Waals surface area contributed by atoms with E-state index in [-0.39, 0.29) is 11.6 Å². The Bertz CT molecular complexity index is 860. The normalized spacial score (nSPS) is 16.7. The van der Waals surface area contributed by atoms with Crippen molar-refractivity contribution in [3.05, 3.63) is 47.5 Å². The molecule has 0 heterocycles. The van der Waals surface area contributed by atoms with E-state index < -0.39 is 32.4 Å². The third kappa shape index (κ3) is 8.75. The molecular weight excluding hydrogens is 466 g/mol. The number of hydrogen-bond acceptors (Lipinski definition) is 7. The maximum atomic E-state index is 12.5. The van der Waals surface area contributed by atoms with Crippen molar-refractivity contribution in [2.24, 2.45) is 0 Å². The lowest BCUT2D eigenvalue weighted by Crippen LogP contribution is -2.42. The van der Waals surface area contributed by atoms with Crippen LogP contribution in [0.1, 0.15) is 52.0 Å². The van der Waals surface area contributed by atoms with Crippen molar-refractivity contribution in [3.8, 4) is 0 Å². The quantitative estimate of drug-likeness (QED) is 0.238.